The number of aromatic nitrogens is 3. The van der Waals surface area contributed by atoms with Gasteiger partial charge in [-0.05, 0) is 35.0 Å². The van der Waals surface area contributed by atoms with E-state index in [9.17, 15) is 0 Å². The summed E-state index contributed by atoms with van der Waals surface area (Å²) in [6, 6.07) is 3.71. The molecule has 6 heteroatoms. The number of furan rings is 1. The molecule has 0 aliphatic heterocycles. The second kappa shape index (κ2) is 4.16. The minimum atomic E-state index is 0.355. The molecule has 2 aromatic heterocycles. The van der Waals surface area contributed by atoms with Crippen molar-refractivity contribution in [2.45, 2.75) is 20.0 Å². The Bertz CT molecular complexity index is 441. The SMILES string of the molecule is CCn1nnc(CN)c1-c1ccc(Br)o1. The van der Waals surface area contributed by atoms with Crippen LogP contribution in [0.2, 0.25) is 0 Å². The molecule has 0 aliphatic rings. The van der Waals surface area contributed by atoms with Crippen molar-refractivity contribution >= 4 is 15.9 Å². The Morgan fingerprint density at radius 2 is 2.33 bits per heavy atom. The summed E-state index contributed by atoms with van der Waals surface area (Å²) in [5.74, 6) is 0.731. The van der Waals surface area contributed by atoms with Gasteiger partial charge >= 0.3 is 0 Å². The lowest BCUT2D eigenvalue weighted by molar-refractivity contribution is 0.540. The van der Waals surface area contributed by atoms with Crippen LogP contribution in [0.5, 0.6) is 0 Å². The van der Waals surface area contributed by atoms with E-state index in [1.807, 2.05) is 19.1 Å². The standard InChI is InChI=1S/C9H11BrN4O/c1-2-14-9(6(5-11)12-13-14)7-3-4-8(10)15-7/h3-4H,2,5,11H2,1H3. The molecule has 2 N–H and O–H groups in total. The summed E-state index contributed by atoms with van der Waals surface area (Å²) in [6.45, 7) is 3.09. The highest BCUT2D eigenvalue weighted by Crippen LogP contribution is 2.26. The van der Waals surface area contributed by atoms with Crippen LogP contribution in [0, 0.1) is 0 Å². The number of aryl methyl sites for hydroxylation is 1. The Labute approximate surface area is 95.4 Å². The van der Waals surface area contributed by atoms with Gasteiger partial charge in [-0.15, -0.1) is 5.10 Å². The van der Waals surface area contributed by atoms with Crippen LogP contribution >= 0.6 is 15.9 Å². The van der Waals surface area contributed by atoms with Gasteiger partial charge in [-0.1, -0.05) is 5.21 Å². The zero-order valence-electron chi connectivity index (χ0n) is 8.27. The van der Waals surface area contributed by atoms with E-state index in [0.29, 0.717) is 11.2 Å². The normalized spacial score (nSPS) is 10.9. The molecule has 0 radical (unpaired) electrons. The summed E-state index contributed by atoms with van der Waals surface area (Å²) in [5, 5.41) is 8.01. The predicted octanol–water partition coefficient (Wildman–Crippen LogP) is 1.78. The van der Waals surface area contributed by atoms with Gasteiger partial charge in [0.2, 0.25) is 0 Å². The summed E-state index contributed by atoms with van der Waals surface area (Å²) in [4.78, 5) is 0. The van der Waals surface area contributed by atoms with E-state index in [-0.39, 0.29) is 0 Å². The Balaban J connectivity index is 2.53. The van der Waals surface area contributed by atoms with Crippen molar-refractivity contribution in [3.8, 4) is 11.5 Å². The fraction of sp³-hybridized carbons (Fsp3) is 0.333. The molecule has 2 heterocycles. The van der Waals surface area contributed by atoms with Crippen molar-refractivity contribution in [3.63, 3.8) is 0 Å². The lowest BCUT2D eigenvalue weighted by atomic mass is 10.2. The van der Waals surface area contributed by atoms with E-state index in [2.05, 4.69) is 26.2 Å². The van der Waals surface area contributed by atoms with Gasteiger partial charge in [0.05, 0.1) is 0 Å². The van der Waals surface area contributed by atoms with Gasteiger partial charge in [-0.2, -0.15) is 0 Å². The number of nitrogens with two attached hydrogens (primary N) is 1. The van der Waals surface area contributed by atoms with Crippen LogP contribution in [0.3, 0.4) is 0 Å². The second-order valence-electron chi connectivity index (χ2n) is 3.01. The van der Waals surface area contributed by atoms with Gasteiger partial charge in [0.1, 0.15) is 11.4 Å². The van der Waals surface area contributed by atoms with Crippen molar-refractivity contribution in [1.29, 1.82) is 0 Å². The molecule has 0 saturated carbocycles. The third-order valence-electron chi connectivity index (χ3n) is 2.10. The number of rotatable bonds is 3. The summed E-state index contributed by atoms with van der Waals surface area (Å²) in [7, 11) is 0. The first-order valence-corrected chi connectivity index (χ1v) is 5.43. The molecule has 0 aliphatic carbocycles. The zero-order valence-corrected chi connectivity index (χ0v) is 9.86. The number of nitrogens with zero attached hydrogens (tertiary/aromatic N) is 3. The molecule has 0 aromatic carbocycles. The maximum absolute atomic E-state index is 5.59. The van der Waals surface area contributed by atoms with E-state index >= 15 is 0 Å². The first kappa shape index (κ1) is 10.4. The predicted molar refractivity (Wildman–Crippen MR) is 59.0 cm³/mol. The maximum atomic E-state index is 5.59. The first-order chi connectivity index (χ1) is 7.26. The minimum Gasteiger partial charge on any atom is -0.448 e. The molecule has 80 valence electrons. The summed E-state index contributed by atoms with van der Waals surface area (Å²) in [5.41, 5.74) is 7.19. The molecule has 5 nitrogen and oxygen atoms in total. The molecule has 0 spiro atoms. The lowest BCUT2D eigenvalue weighted by Crippen LogP contribution is -2.02. The zero-order chi connectivity index (χ0) is 10.8. The highest BCUT2D eigenvalue weighted by atomic mass is 79.9. The van der Waals surface area contributed by atoms with Gasteiger partial charge < -0.3 is 10.2 Å². The Morgan fingerprint density at radius 3 is 2.87 bits per heavy atom. The molecular weight excluding hydrogens is 260 g/mol. The van der Waals surface area contributed by atoms with Gasteiger partial charge in [0.15, 0.2) is 10.4 Å². The largest absolute Gasteiger partial charge is 0.448 e. The monoisotopic (exact) mass is 270 g/mol. The average molecular weight is 271 g/mol. The van der Waals surface area contributed by atoms with Crippen molar-refractivity contribution < 1.29 is 4.42 Å². The molecule has 0 saturated heterocycles. The highest BCUT2D eigenvalue weighted by molar-refractivity contribution is 9.10. The minimum absolute atomic E-state index is 0.355. The van der Waals surface area contributed by atoms with Gasteiger partial charge in [-0.25, -0.2) is 4.68 Å². The molecule has 0 unspecified atom stereocenters. The molecule has 0 bridgehead atoms. The van der Waals surface area contributed by atoms with E-state index in [0.717, 1.165) is 23.7 Å². The van der Waals surface area contributed by atoms with Crippen LogP contribution < -0.4 is 5.73 Å². The Kier molecular flexibility index (Phi) is 2.88. The Morgan fingerprint density at radius 1 is 1.53 bits per heavy atom. The fourth-order valence-corrected chi connectivity index (χ4v) is 1.73. The third kappa shape index (κ3) is 1.82. The van der Waals surface area contributed by atoms with E-state index in [1.165, 1.54) is 0 Å². The first-order valence-electron chi connectivity index (χ1n) is 4.64. The highest BCUT2D eigenvalue weighted by Gasteiger charge is 2.15. The van der Waals surface area contributed by atoms with Crippen LogP contribution in [-0.2, 0) is 13.1 Å². The summed E-state index contributed by atoms with van der Waals surface area (Å²) in [6.07, 6.45) is 0. The van der Waals surface area contributed by atoms with E-state index < -0.39 is 0 Å². The van der Waals surface area contributed by atoms with Gasteiger partial charge in [0, 0.05) is 13.1 Å². The maximum Gasteiger partial charge on any atom is 0.169 e. The number of hydrogen-bond acceptors (Lipinski definition) is 4. The van der Waals surface area contributed by atoms with Crippen LogP contribution in [0.4, 0.5) is 0 Å². The van der Waals surface area contributed by atoms with Crippen molar-refractivity contribution in [2.75, 3.05) is 0 Å². The average Bonchev–Trinajstić information content (AvgIpc) is 2.82. The lowest BCUT2D eigenvalue weighted by Gasteiger charge is -2.01. The van der Waals surface area contributed by atoms with Gasteiger partial charge in [-0.3, -0.25) is 0 Å². The molecule has 2 rings (SSSR count). The molecule has 0 atom stereocenters. The molecule has 0 amide bonds. The van der Waals surface area contributed by atoms with Crippen LogP contribution in [0.15, 0.2) is 21.2 Å². The number of hydrogen-bond donors (Lipinski definition) is 1. The number of halogens is 1. The smallest absolute Gasteiger partial charge is 0.169 e. The van der Waals surface area contributed by atoms with Crippen LogP contribution in [-0.4, -0.2) is 15.0 Å². The van der Waals surface area contributed by atoms with Crippen LogP contribution in [0.25, 0.3) is 11.5 Å². The molecule has 15 heavy (non-hydrogen) atoms. The molecular formula is C9H11BrN4O. The van der Waals surface area contributed by atoms with E-state index in [4.69, 9.17) is 10.2 Å². The quantitative estimate of drug-likeness (QED) is 0.923. The van der Waals surface area contributed by atoms with Gasteiger partial charge in [0.25, 0.3) is 0 Å². The summed E-state index contributed by atoms with van der Waals surface area (Å²) >= 11 is 3.26. The summed E-state index contributed by atoms with van der Waals surface area (Å²) < 4.78 is 7.93. The Hall–Kier alpha value is -1.14. The second-order valence-corrected chi connectivity index (χ2v) is 3.79. The topological polar surface area (TPSA) is 69.9 Å². The third-order valence-corrected chi connectivity index (χ3v) is 2.53. The molecule has 0 fully saturated rings. The van der Waals surface area contributed by atoms with E-state index in [1.54, 1.807) is 4.68 Å². The van der Waals surface area contributed by atoms with Crippen molar-refractivity contribution in [2.24, 2.45) is 5.73 Å². The fourth-order valence-electron chi connectivity index (χ4n) is 1.42. The van der Waals surface area contributed by atoms with Crippen molar-refractivity contribution in [3.05, 3.63) is 22.5 Å². The molecule has 2 aromatic rings. The van der Waals surface area contributed by atoms with Crippen molar-refractivity contribution in [1.82, 2.24) is 15.0 Å². The van der Waals surface area contributed by atoms with Crippen LogP contribution in [0.1, 0.15) is 12.6 Å².